The summed E-state index contributed by atoms with van der Waals surface area (Å²) in [6.45, 7) is 0. The molecule has 0 radical (unpaired) electrons. The third-order valence-corrected chi connectivity index (χ3v) is 1.57. The second-order valence-corrected chi connectivity index (χ2v) is 2.52. The van der Waals surface area contributed by atoms with Crippen LogP contribution in [-0.2, 0) is 6.42 Å². The minimum atomic E-state index is 0.507. The first-order chi connectivity index (χ1) is 5.93. The second kappa shape index (κ2) is 5.15. The lowest BCUT2D eigenvalue weighted by atomic mass is 10.1. The molecule has 1 aromatic rings. The second-order valence-electron chi connectivity index (χ2n) is 2.52. The largest absolute Gasteiger partial charge is 0.198 e. The fourth-order valence-corrected chi connectivity index (χ4v) is 0.970. The number of hydrogen-bond donors (Lipinski definition) is 0. The highest BCUT2D eigenvalue weighted by Crippen LogP contribution is 2.00. The van der Waals surface area contributed by atoms with Crippen molar-refractivity contribution in [2.45, 2.75) is 12.8 Å². The molecular formula is C11H11N. The van der Waals surface area contributed by atoms with Gasteiger partial charge in [0.2, 0.25) is 0 Å². The van der Waals surface area contributed by atoms with E-state index in [0.717, 1.165) is 6.42 Å². The van der Waals surface area contributed by atoms with Gasteiger partial charge in [-0.25, -0.2) is 0 Å². The number of hydrogen-bond acceptors (Lipinski definition) is 1. The first-order valence-electron chi connectivity index (χ1n) is 3.99. The Hall–Kier alpha value is -1.55. The van der Waals surface area contributed by atoms with Crippen molar-refractivity contribution in [1.29, 1.82) is 5.26 Å². The van der Waals surface area contributed by atoms with E-state index in [4.69, 9.17) is 5.26 Å². The van der Waals surface area contributed by atoms with Crippen LogP contribution in [0.5, 0.6) is 0 Å². The van der Waals surface area contributed by atoms with Crippen LogP contribution < -0.4 is 0 Å². The van der Waals surface area contributed by atoms with Crippen LogP contribution >= 0.6 is 0 Å². The Kier molecular flexibility index (Phi) is 3.67. The molecule has 0 aromatic heterocycles. The van der Waals surface area contributed by atoms with E-state index >= 15 is 0 Å². The zero-order chi connectivity index (χ0) is 8.65. The van der Waals surface area contributed by atoms with E-state index in [1.165, 1.54) is 5.56 Å². The molecule has 0 spiro atoms. The van der Waals surface area contributed by atoms with Crippen LogP contribution in [0.4, 0.5) is 0 Å². The minimum absolute atomic E-state index is 0.507. The van der Waals surface area contributed by atoms with Crippen molar-refractivity contribution in [3.63, 3.8) is 0 Å². The summed E-state index contributed by atoms with van der Waals surface area (Å²) in [6.07, 6.45) is 5.35. The van der Waals surface area contributed by atoms with E-state index < -0.39 is 0 Å². The summed E-state index contributed by atoms with van der Waals surface area (Å²) in [5, 5.41) is 8.26. The molecule has 0 aliphatic carbocycles. The monoisotopic (exact) mass is 157 g/mol. The van der Waals surface area contributed by atoms with Gasteiger partial charge in [-0.2, -0.15) is 5.26 Å². The Labute approximate surface area is 73.0 Å². The molecule has 1 aromatic carbocycles. The minimum Gasteiger partial charge on any atom is -0.198 e. The Morgan fingerprint density at radius 2 is 1.92 bits per heavy atom. The van der Waals surface area contributed by atoms with Gasteiger partial charge in [0.15, 0.2) is 0 Å². The molecule has 0 aliphatic heterocycles. The van der Waals surface area contributed by atoms with E-state index in [2.05, 4.69) is 18.2 Å². The summed E-state index contributed by atoms with van der Waals surface area (Å²) >= 11 is 0. The van der Waals surface area contributed by atoms with Crippen molar-refractivity contribution < 1.29 is 0 Å². The van der Waals surface area contributed by atoms with E-state index in [9.17, 15) is 0 Å². The SMILES string of the molecule is N#CC/C=C/Cc1ccccc1. The van der Waals surface area contributed by atoms with Gasteiger partial charge in [0.1, 0.15) is 0 Å². The third kappa shape index (κ3) is 3.03. The predicted octanol–water partition coefficient (Wildman–Crippen LogP) is 2.70. The van der Waals surface area contributed by atoms with Crippen molar-refractivity contribution in [2.24, 2.45) is 0 Å². The van der Waals surface area contributed by atoms with Crippen molar-refractivity contribution in [2.75, 3.05) is 0 Å². The zero-order valence-electron chi connectivity index (χ0n) is 6.90. The van der Waals surface area contributed by atoms with Gasteiger partial charge < -0.3 is 0 Å². The summed E-state index contributed by atoms with van der Waals surface area (Å²) in [5.41, 5.74) is 1.28. The van der Waals surface area contributed by atoms with Crippen LogP contribution in [0.15, 0.2) is 42.5 Å². The standard InChI is InChI=1S/C11H11N/c12-10-6-2-5-9-11-7-3-1-4-8-11/h1-5,7-8H,6,9H2/b5-2+. The molecule has 0 saturated carbocycles. The van der Waals surface area contributed by atoms with Crippen LogP contribution in [0.3, 0.4) is 0 Å². The Morgan fingerprint density at radius 1 is 1.17 bits per heavy atom. The number of benzene rings is 1. The Morgan fingerprint density at radius 3 is 2.58 bits per heavy atom. The van der Waals surface area contributed by atoms with E-state index in [1.54, 1.807) is 0 Å². The number of nitrogens with zero attached hydrogens (tertiary/aromatic N) is 1. The molecule has 0 bridgehead atoms. The molecule has 0 N–H and O–H groups in total. The molecular weight excluding hydrogens is 146 g/mol. The van der Waals surface area contributed by atoms with Gasteiger partial charge >= 0.3 is 0 Å². The number of allylic oxidation sites excluding steroid dienone is 2. The van der Waals surface area contributed by atoms with E-state index in [-0.39, 0.29) is 0 Å². The van der Waals surface area contributed by atoms with Crippen LogP contribution in [0.25, 0.3) is 0 Å². The molecule has 0 heterocycles. The molecule has 0 amide bonds. The summed E-state index contributed by atoms with van der Waals surface area (Å²) in [5.74, 6) is 0. The smallest absolute Gasteiger partial charge is 0.0663 e. The molecule has 60 valence electrons. The molecule has 0 fully saturated rings. The van der Waals surface area contributed by atoms with Gasteiger partial charge in [0, 0.05) is 0 Å². The maximum atomic E-state index is 8.26. The lowest BCUT2D eigenvalue weighted by molar-refractivity contribution is 1.24. The predicted molar refractivity (Wildman–Crippen MR) is 49.5 cm³/mol. The summed E-state index contributed by atoms with van der Waals surface area (Å²) < 4.78 is 0. The van der Waals surface area contributed by atoms with E-state index in [0.29, 0.717) is 6.42 Å². The third-order valence-electron chi connectivity index (χ3n) is 1.57. The molecule has 1 heteroatoms. The Balaban J connectivity index is 2.39. The van der Waals surface area contributed by atoms with Crippen molar-refractivity contribution >= 4 is 0 Å². The zero-order valence-corrected chi connectivity index (χ0v) is 6.90. The van der Waals surface area contributed by atoms with Crippen LogP contribution in [0.2, 0.25) is 0 Å². The average molecular weight is 157 g/mol. The first-order valence-corrected chi connectivity index (χ1v) is 3.99. The molecule has 0 saturated heterocycles. The van der Waals surface area contributed by atoms with Crippen LogP contribution in [0.1, 0.15) is 12.0 Å². The highest BCUT2D eigenvalue weighted by Gasteiger charge is 1.84. The normalized spacial score (nSPS) is 9.92. The van der Waals surface area contributed by atoms with Gasteiger partial charge in [0.25, 0.3) is 0 Å². The number of nitriles is 1. The van der Waals surface area contributed by atoms with Crippen molar-refractivity contribution in [3.8, 4) is 6.07 Å². The first kappa shape index (κ1) is 8.55. The molecule has 12 heavy (non-hydrogen) atoms. The lowest BCUT2D eigenvalue weighted by Gasteiger charge is -1.92. The Bertz CT molecular complexity index is 280. The maximum Gasteiger partial charge on any atom is 0.0663 e. The molecule has 1 nitrogen and oxygen atoms in total. The molecule has 0 unspecified atom stereocenters. The van der Waals surface area contributed by atoms with Gasteiger partial charge in [0.05, 0.1) is 12.5 Å². The topological polar surface area (TPSA) is 23.8 Å². The quantitative estimate of drug-likeness (QED) is 0.619. The maximum absolute atomic E-state index is 8.26. The van der Waals surface area contributed by atoms with Crippen molar-refractivity contribution in [3.05, 3.63) is 48.0 Å². The molecule has 0 aliphatic rings. The van der Waals surface area contributed by atoms with Gasteiger partial charge in [-0.1, -0.05) is 42.5 Å². The fourth-order valence-electron chi connectivity index (χ4n) is 0.970. The van der Waals surface area contributed by atoms with Gasteiger partial charge in [-0.15, -0.1) is 0 Å². The van der Waals surface area contributed by atoms with Crippen molar-refractivity contribution in [1.82, 2.24) is 0 Å². The van der Waals surface area contributed by atoms with E-state index in [1.807, 2.05) is 30.4 Å². The van der Waals surface area contributed by atoms with Crippen LogP contribution in [-0.4, -0.2) is 0 Å². The molecule has 0 atom stereocenters. The highest BCUT2D eigenvalue weighted by molar-refractivity contribution is 5.17. The fraction of sp³-hybridized carbons (Fsp3) is 0.182. The van der Waals surface area contributed by atoms with Gasteiger partial charge in [-0.3, -0.25) is 0 Å². The summed E-state index contributed by atoms with van der Waals surface area (Å²) in [7, 11) is 0. The van der Waals surface area contributed by atoms with Gasteiger partial charge in [-0.05, 0) is 12.0 Å². The lowest BCUT2D eigenvalue weighted by Crippen LogP contribution is -1.77. The summed E-state index contributed by atoms with van der Waals surface area (Å²) in [6, 6.07) is 12.3. The van der Waals surface area contributed by atoms with Crippen LogP contribution in [0, 0.1) is 11.3 Å². The summed E-state index contributed by atoms with van der Waals surface area (Å²) in [4.78, 5) is 0. The molecule has 1 rings (SSSR count). The number of rotatable bonds is 3. The average Bonchev–Trinajstić information content (AvgIpc) is 2.14. The highest BCUT2D eigenvalue weighted by atomic mass is 14.2.